The number of benzene rings is 2. The normalized spacial score (nSPS) is 11.8. The Kier molecular flexibility index (Phi) is 7.80. The molecule has 0 saturated carbocycles. The molecule has 0 fully saturated rings. The van der Waals surface area contributed by atoms with E-state index in [2.05, 4.69) is 11.4 Å². The first kappa shape index (κ1) is 21.7. The second-order valence-corrected chi connectivity index (χ2v) is 7.59. The highest BCUT2D eigenvalue weighted by Gasteiger charge is 2.26. The largest absolute Gasteiger partial charge is 0.354 e. The van der Waals surface area contributed by atoms with Gasteiger partial charge in [0.2, 0.25) is 11.8 Å². The van der Waals surface area contributed by atoms with Crippen LogP contribution in [0.5, 0.6) is 0 Å². The van der Waals surface area contributed by atoms with Crippen molar-refractivity contribution in [2.24, 2.45) is 0 Å². The Balaban J connectivity index is 2.26. The van der Waals surface area contributed by atoms with Gasteiger partial charge in [-0.25, -0.2) is 0 Å². The van der Waals surface area contributed by atoms with Crippen molar-refractivity contribution in [1.29, 1.82) is 0 Å². The fraction of sp³-hybridized carbons (Fsp3) is 0.417. The summed E-state index contributed by atoms with van der Waals surface area (Å²) < 4.78 is 0. The molecule has 2 aromatic carbocycles. The molecule has 0 spiro atoms. The molecule has 0 aliphatic carbocycles. The Bertz CT molecular complexity index is 809. The van der Waals surface area contributed by atoms with E-state index >= 15 is 0 Å². The lowest BCUT2D eigenvalue weighted by Crippen LogP contribution is -2.48. The Morgan fingerprint density at radius 1 is 1.04 bits per heavy atom. The van der Waals surface area contributed by atoms with Crippen LogP contribution in [0.1, 0.15) is 48.1 Å². The molecule has 4 nitrogen and oxygen atoms in total. The molecule has 0 saturated heterocycles. The number of amides is 2. The first-order chi connectivity index (χ1) is 13.3. The van der Waals surface area contributed by atoms with Crippen LogP contribution in [0.3, 0.4) is 0 Å². The van der Waals surface area contributed by atoms with Crippen LogP contribution in [0, 0.1) is 20.8 Å². The van der Waals surface area contributed by atoms with E-state index in [0.29, 0.717) is 19.5 Å². The first-order valence-corrected chi connectivity index (χ1v) is 10.0. The summed E-state index contributed by atoms with van der Waals surface area (Å²) in [5.41, 5.74) is 5.45. The molecule has 1 N–H and O–H groups in total. The van der Waals surface area contributed by atoms with Gasteiger partial charge in [-0.2, -0.15) is 0 Å². The summed E-state index contributed by atoms with van der Waals surface area (Å²) in [6, 6.07) is 13.7. The van der Waals surface area contributed by atoms with Crippen molar-refractivity contribution in [3.63, 3.8) is 0 Å². The van der Waals surface area contributed by atoms with Crippen molar-refractivity contribution in [3.05, 3.63) is 70.3 Å². The van der Waals surface area contributed by atoms with Crippen LogP contribution in [-0.4, -0.2) is 29.3 Å². The minimum atomic E-state index is -0.524. The third kappa shape index (κ3) is 5.95. The van der Waals surface area contributed by atoms with Crippen molar-refractivity contribution in [1.82, 2.24) is 10.2 Å². The average Bonchev–Trinajstić information content (AvgIpc) is 2.64. The Hall–Kier alpha value is -2.62. The molecule has 2 aromatic rings. The van der Waals surface area contributed by atoms with E-state index in [1.807, 2.05) is 71.0 Å². The fourth-order valence-electron chi connectivity index (χ4n) is 3.40. The molecule has 0 aromatic heterocycles. The Morgan fingerprint density at radius 3 is 2.29 bits per heavy atom. The van der Waals surface area contributed by atoms with E-state index in [1.165, 1.54) is 0 Å². The minimum Gasteiger partial charge on any atom is -0.354 e. The van der Waals surface area contributed by atoms with Crippen molar-refractivity contribution in [2.45, 2.75) is 60.0 Å². The zero-order valence-electron chi connectivity index (χ0n) is 17.7. The van der Waals surface area contributed by atoms with Crippen molar-refractivity contribution in [2.75, 3.05) is 6.54 Å². The minimum absolute atomic E-state index is 0.0348. The molecule has 150 valence electrons. The predicted octanol–water partition coefficient (Wildman–Crippen LogP) is 4.10. The van der Waals surface area contributed by atoms with Crippen molar-refractivity contribution in [3.8, 4) is 0 Å². The highest BCUT2D eigenvalue weighted by atomic mass is 16.2. The van der Waals surface area contributed by atoms with Gasteiger partial charge >= 0.3 is 0 Å². The molecule has 1 atom stereocenters. The van der Waals surface area contributed by atoms with Gasteiger partial charge in [0.15, 0.2) is 0 Å². The number of aryl methyl sites for hydroxylation is 3. The van der Waals surface area contributed by atoms with Gasteiger partial charge in [-0.3, -0.25) is 9.59 Å². The van der Waals surface area contributed by atoms with E-state index in [1.54, 1.807) is 4.90 Å². The first-order valence-electron chi connectivity index (χ1n) is 10.0. The highest BCUT2D eigenvalue weighted by Crippen LogP contribution is 2.16. The second kappa shape index (κ2) is 10.1. The Labute approximate surface area is 169 Å². The van der Waals surface area contributed by atoms with Gasteiger partial charge in [0.1, 0.15) is 6.04 Å². The number of nitrogens with zero attached hydrogens (tertiary/aromatic N) is 1. The maximum absolute atomic E-state index is 13.2. The van der Waals surface area contributed by atoms with Gasteiger partial charge in [0.25, 0.3) is 0 Å². The van der Waals surface area contributed by atoms with Gasteiger partial charge in [-0.05, 0) is 50.8 Å². The number of carbonyl (C=O) groups excluding carboxylic acids is 2. The molecule has 0 aliphatic rings. The van der Waals surface area contributed by atoms with Gasteiger partial charge in [0, 0.05) is 13.1 Å². The monoisotopic (exact) mass is 380 g/mol. The van der Waals surface area contributed by atoms with Gasteiger partial charge < -0.3 is 10.2 Å². The quantitative estimate of drug-likeness (QED) is 0.750. The van der Waals surface area contributed by atoms with Crippen molar-refractivity contribution < 1.29 is 9.59 Å². The van der Waals surface area contributed by atoms with Crippen molar-refractivity contribution >= 4 is 11.8 Å². The van der Waals surface area contributed by atoms with E-state index in [-0.39, 0.29) is 11.8 Å². The van der Waals surface area contributed by atoms with Gasteiger partial charge in [0.05, 0.1) is 6.42 Å². The standard InChI is InChI=1S/C24H32N2O2/c1-6-11-25-24(28)20(5)26(16-22-10-8-7-9-19(22)4)23(27)15-21-13-17(2)12-18(3)14-21/h7-10,12-14,20H,6,11,15-16H2,1-5H3,(H,25,28)/t20-/m0/s1. The number of hydrogen-bond donors (Lipinski definition) is 1. The van der Waals surface area contributed by atoms with E-state index in [4.69, 9.17) is 0 Å². The zero-order chi connectivity index (χ0) is 20.7. The van der Waals surface area contributed by atoms with Crippen LogP contribution in [-0.2, 0) is 22.6 Å². The fourth-order valence-corrected chi connectivity index (χ4v) is 3.40. The van der Waals surface area contributed by atoms with E-state index in [0.717, 1.165) is 34.2 Å². The van der Waals surface area contributed by atoms with Crippen LogP contribution in [0.15, 0.2) is 42.5 Å². The molecule has 0 unspecified atom stereocenters. The topological polar surface area (TPSA) is 49.4 Å². The smallest absolute Gasteiger partial charge is 0.242 e. The zero-order valence-corrected chi connectivity index (χ0v) is 17.7. The number of carbonyl (C=O) groups is 2. The van der Waals surface area contributed by atoms with E-state index < -0.39 is 6.04 Å². The summed E-state index contributed by atoms with van der Waals surface area (Å²) in [5, 5.41) is 2.92. The summed E-state index contributed by atoms with van der Waals surface area (Å²) in [7, 11) is 0. The Morgan fingerprint density at radius 2 is 1.68 bits per heavy atom. The molecular weight excluding hydrogens is 348 g/mol. The van der Waals surface area contributed by atoms with Crippen LogP contribution in [0.4, 0.5) is 0 Å². The van der Waals surface area contributed by atoms with E-state index in [9.17, 15) is 9.59 Å². The van der Waals surface area contributed by atoms with Gasteiger partial charge in [-0.15, -0.1) is 0 Å². The SMILES string of the molecule is CCCNC(=O)[C@H](C)N(Cc1ccccc1C)C(=O)Cc1cc(C)cc(C)c1. The molecular formula is C24H32N2O2. The number of nitrogens with one attached hydrogen (secondary N) is 1. The van der Waals surface area contributed by atoms with Crippen LogP contribution in [0.25, 0.3) is 0 Å². The summed E-state index contributed by atoms with van der Waals surface area (Å²) in [6.45, 7) is 11.0. The number of hydrogen-bond acceptors (Lipinski definition) is 2. The second-order valence-electron chi connectivity index (χ2n) is 7.59. The maximum Gasteiger partial charge on any atom is 0.242 e. The third-order valence-corrected chi connectivity index (χ3v) is 4.96. The summed E-state index contributed by atoms with van der Waals surface area (Å²) in [4.78, 5) is 27.5. The molecule has 4 heteroatoms. The van der Waals surface area contributed by atoms with Gasteiger partial charge in [-0.1, -0.05) is 60.5 Å². The molecule has 0 radical (unpaired) electrons. The van der Waals surface area contributed by atoms with Crippen LogP contribution < -0.4 is 5.32 Å². The lowest BCUT2D eigenvalue weighted by atomic mass is 10.0. The molecule has 2 rings (SSSR count). The molecule has 0 heterocycles. The summed E-state index contributed by atoms with van der Waals surface area (Å²) in [6.07, 6.45) is 1.16. The predicted molar refractivity (Wildman–Crippen MR) is 114 cm³/mol. The molecule has 0 bridgehead atoms. The third-order valence-electron chi connectivity index (χ3n) is 4.96. The highest BCUT2D eigenvalue weighted by molar-refractivity contribution is 5.88. The lowest BCUT2D eigenvalue weighted by molar-refractivity contribution is -0.140. The molecule has 2 amide bonds. The lowest BCUT2D eigenvalue weighted by Gasteiger charge is -2.29. The average molecular weight is 381 g/mol. The summed E-state index contributed by atoms with van der Waals surface area (Å²) >= 11 is 0. The van der Waals surface area contributed by atoms with Crippen LogP contribution >= 0.6 is 0 Å². The van der Waals surface area contributed by atoms with Crippen LogP contribution in [0.2, 0.25) is 0 Å². The molecule has 0 aliphatic heterocycles. The number of rotatable bonds is 8. The molecule has 28 heavy (non-hydrogen) atoms. The summed E-state index contributed by atoms with van der Waals surface area (Å²) in [5.74, 6) is -0.142. The maximum atomic E-state index is 13.2.